The summed E-state index contributed by atoms with van der Waals surface area (Å²) in [5.41, 5.74) is 1.88. The Labute approximate surface area is 211 Å². The SMILES string of the molecule is CN=S(=O)(Nc1cccc(N2c3ccccc3Oc3ccccc32)c1O)c1ccc(OC(F)(F)F)cc1. The summed E-state index contributed by atoms with van der Waals surface area (Å²) in [7, 11) is -2.06. The highest BCUT2D eigenvalue weighted by Crippen LogP contribution is 2.53. The summed E-state index contributed by atoms with van der Waals surface area (Å²) in [5, 5.41) is 11.3. The quantitative estimate of drug-likeness (QED) is 0.234. The molecule has 1 unspecified atom stereocenters. The van der Waals surface area contributed by atoms with Crippen LogP contribution in [0.25, 0.3) is 0 Å². The van der Waals surface area contributed by atoms with Crippen LogP contribution >= 0.6 is 0 Å². The van der Waals surface area contributed by atoms with Crippen LogP contribution in [0, 0.1) is 0 Å². The largest absolute Gasteiger partial charge is 0.573 e. The molecule has 4 aromatic carbocycles. The zero-order valence-corrected chi connectivity index (χ0v) is 20.1. The second kappa shape index (κ2) is 9.25. The Balaban J connectivity index is 1.53. The fourth-order valence-electron chi connectivity index (χ4n) is 3.94. The van der Waals surface area contributed by atoms with Gasteiger partial charge in [-0.25, -0.2) is 8.57 Å². The van der Waals surface area contributed by atoms with Gasteiger partial charge in [0.05, 0.1) is 27.6 Å². The van der Waals surface area contributed by atoms with E-state index < -0.39 is 22.0 Å². The van der Waals surface area contributed by atoms with E-state index >= 15 is 0 Å². The van der Waals surface area contributed by atoms with Crippen molar-refractivity contribution in [3.63, 3.8) is 0 Å². The van der Waals surface area contributed by atoms with Crippen LogP contribution < -0.4 is 19.1 Å². The summed E-state index contributed by atoms with van der Waals surface area (Å²) in [5.74, 6) is 0.519. The predicted molar refractivity (Wildman–Crippen MR) is 134 cm³/mol. The Morgan fingerprint density at radius 2 is 1.43 bits per heavy atom. The Bertz CT molecular complexity index is 1540. The number of fused-ring (bicyclic) bond motifs is 2. The third-order valence-corrected chi connectivity index (χ3v) is 7.49. The first-order chi connectivity index (χ1) is 17.7. The molecule has 0 aromatic heterocycles. The Kier molecular flexibility index (Phi) is 6.08. The van der Waals surface area contributed by atoms with Crippen LogP contribution in [0.3, 0.4) is 0 Å². The molecule has 0 saturated carbocycles. The molecule has 0 bridgehead atoms. The average Bonchev–Trinajstić information content (AvgIpc) is 2.88. The minimum atomic E-state index is -4.85. The van der Waals surface area contributed by atoms with Crippen LogP contribution in [0.5, 0.6) is 23.0 Å². The minimum Gasteiger partial charge on any atom is -0.504 e. The van der Waals surface area contributed by atoms with Crippen molar-refractivity contribution >= 4 is 32.7 Å². The molecule has 0 spiro atoms. The molecule has 0 aliphatic carbocycles. The monoisotopic (exact) mass is 527 g/mol. The van der Waals surface area contributed by atoms with Crippen molar-refractivity contribution in [2.45, 2.75) is 11.3 Å². The van der Waals surface area contributed by atoms with E-state index in [0.717, 1.165) is 12.1 Å². The standard InChI is InChI=1S/C26H20F3N3O4S/c1-30-37(34,18-15-13-17(14-16-18)36-26(27,28)29)31-19-7-6-10-22(25(19)33)32-20-8-2-4-11-23(20)35-24-12-5-3-9-21(24)32/h2-16,33H,1H3,(H,30,31,34). The molecule has 190 valence electrons. The number of aromatic hydroxyl groups is 1. The van der Waals surface area contributed by atoms with Crippen LogP contribution in [-0.2, 0) is 9.92 Å². The number of nitrogens with zero attached hydrogens (tertiary/aromatic N) is 2. The maximum absolute atomic E-state index is 13.7. The maximum Gasteiger partial charge on any atom is 0.573 e. The number of alkyl halides is 3. The molecule has 0 radical (unpaired) electrons. The van der Waals surface area contributed by atoms with E-state index in [9.17, 15) is 22.5 Å². The third-order valence-electron chi connectivity index (χ3n) is 5.57. The summed E-state index contributed by atoms with van der Waals surface area (Å²) in [6.45, 7) is 0. The molecule has 11 heteroatoms. The molecule has 5 rings (SSSR count). The molecule has 2 N–H and O–H groups in total. The second-order valence-corrected chi connectivity index (χ2v) is 9.97. The molecule has 37 heavy (non-hydrogen) atoms. The van der Waals surface area contributed by atoms with Crippen LogP contribution in [-0.4, -0.2) is 22.7 Å². The summed E-state index contributed by atoms with van der Waals surface area (Å²) in [6, 6.07) is 24.1. The fourth-order valence-corrected chi connectivity index (χ4v) is 5.33. The van der Waals surface area contributed by atoms with Crippen LogP contribution in [0.1, 0.15) is 0 Å². The van der Waals surface area contributed by atoms with Gasteiger partial charge in [-0.3, -0.25) is 9.62 Å². The number of anilines is 4. The van der Waals surface area contributed by atoms with Crippen molar-refractivity contribution in [2.24, 2.45) is 4.36 Å². The summed E-state index contributed by atoms with van der Waals surface area (Å²) < 4.78 is 67.8. The van der Waals surface area contributed by atoms with Gasteiger partial charge >= 0.3 is 6.36 Å². The summed E-state index contributed by atoms with van der Waals surface area (Å²) in [4.78, 5) is 1.93. The Morgan fingerprint density at radius 3 is 2.00 bits per heavy atom. The fraction of sp³-hybridized carbons (Fsp3) is 0.0769. The van der Waals surface area contributed by atoms with E-state index in [4.69, 9.17) is 4.74 Å². The topological polar surface area (TPSA) is 83.4 Å². The zero-order chi connectivity index (χ0) is 26.2. The number of hydrogen-bond acceptors (Lipinski definition) is 6. The van der Waals surface area contributed by atoms with Gasteiger partial charge in [0.2, 0.25) is 0 Å². The lowest BCUT2D eigenvalue weighted by Crippen LogP contribution is -2.18. The lowest BCUT2D eigenvalue weighted by atomic mass is 10.1. The van der Waals surface area contributed by atoms with E-state index in [-0.39, 0.29) is 16.3 Å². The molecule has 7 nitrogen and oxygen atoms in total. The van der Waals surface area contributed by atoms with Gasteiger partial charge in [0.1, 0.15) is 5.75 Å². The molecule has 0 amide bonds. The molecule has 4 aromatic rings. The van der Waals surface area contributed by atoms with E-state index in [1.54, 1.807) is 12.1 Å². The second-order valence-electron chi connectivity index (χ2n) is 7.88. The number of benzene rings is 4. The normalized spacial score (nSPS) is 14.0. The molecule has 1 aliphatic heterocycles. The first kappa shape index (κ1) is 24.3. The van der Waals surface area contributed by atoms with Crippen LogP contribution in [0.2, 0.25) is 0 Å². The molecular weight excluding hydrogens is 507 g/mol. The van der Waals surface area contributed by atoms with Gasteiger partial charge in [0, 0.05) is 7.05 Å². The number of halogens is 3. The Morgan fingerprint density at radius 1 is 0.865 bits per heavy atom. The number of hydrogen-bond donors (Lipinski definition) is 2. The first-order valence-electron chi connectivity index (χ1n) is 11.0. The van der Waals surface area contributed by atoms with Crippen molar-refractivity contribution < 1.29 is 32.0 Å². The number of rotatable bonds is 5. The van der Waals surface area contributed by atoms with E-state index in [2.05, 4.69) is 13.8 Å². The van der Waals surface area contributed by atoms with Gasteiger partial charge in [-0.2, -0.15) is 0 Å². The highest BCUT2D eigenvalue weighted by molar-refractivity contribution is 7.95. The molecule has 0 fully saturated rings. The molecule has 1 aliphatic rings. The number of phenols is 1. The highest BCUT2D eigenvalue weighted by Gasteiger charge is 2.31. The van der Waals surface area contributed by atoms with E-state index in [1.807, 2.05) is 53.4 Å². The zero-order valence-electron chi connectivity index (χ0n) is 19.3. The summed E-state index contributed by atoms with van der Waals surface area (Å²) >= 11 is 0. The van der Waals surface area contributed by atoms with E-state index in [1.165, 1.54) is 25.2 Å². The summed E-state index contributed by atoms with van der Waals surface area (Å²) in [6.07, 6.45) is -4.85. The number of ether oxygens (including phenoxy) is 2. The van der Waals surface area contributed by atoms with Gasteiger partial charge in [-0.05, 0) is 60.7 Å². The van der Waals surface area contributed by atoms with Gasteiger partial charge in [0.25, 0.3) is 0 Å². The van der Waals surface area contributed by atoms with Gasteiger partial charge < -0.3 is 14.6 Å². The minimum absolute atomic E-state index is 0.108. The van der Waals surface area contributed by atoms with Crippen molar-refractivity contribution in [1.82, 2.24) is 0 Å². The van der Waals surface area contributed by atoms with Gasteiger partial charge in [-0.1, -0.05) is 30.3 Å². The lowest BCUT2D eigenvalue weighted by Gasteiger charge is -2.33. The number of nitrogens with one attached hydrogen (secondary N) is 1. The van der Waals surface area contributed by atoms with Crippen LogP contribution in [0.4, 0.5) is 35.9 Å². The number of para-hydroxylation sites is 5. The lowest BCUT2D eigenvalue weighted by molar-refractivity contribution is -0.274. The van der Waals surface area contributed by atoms with Gasteiger partial charge in [-0.15, -0.1) is 13.2 Å². The molecular formula is C26H20F3N3O4S. The average molecular weight is 528 g/mol. The van der Waals surface area contributed by atoms with Crippen molar-refractivity contribution in [2.75, 3.05) is 16.7 Å². The van der Waals surface area contributed by atoms with Crippen LogP contribution in [0.15, 0.2) is 100 Å². The number of phenolic OH excluding ortho intramolecular Hbond substituents is 1. The third kappa shape index (κ3) is 4.73. The predicted octanol–water partition coefficient (Wildman–Crippen LogP) is 7.35. The highest BCUT2D eigenvalue weighted by atomic mass is 32.2. The van der Waals surface area contributed by atoms with E-state index in [0.29, 0.717) is 28.6 Å². The smallest absolute Gasteiger partial charge is 0.504 e. The molecule has 1 heterocycles. The van der Waals surface area contributed by atoms with Crippen molar-refractivity contribution in [1.29, 1.82) is 0 Å². The van der Waals surface area contributed by atoms with Crippen molar-refractivity contribution in [3.8, 4) is 23.0 Å². The Hall–Kier alpha value is -4.38. The van der Waals surface area contributed by atoms with Gasteiger partial charge in [0.15, 0.2) is 27.2 Å². The first-order valence-corrected chi connectivity index (χ1v) is 12.5. The maximum atomic E-state index is 13.7. The molecule has 1 atom stereocenters. The van der Waals surface area contributed by atoms with Crippen molar-refractivity contribution in [3.05, 3.63) is 91.0 Å². The molecule has 0 saturated heterocycles.